The predicted molar refractivity (Wildman–Crippen MR) is 133 cm³/mol. The van der Waals surface area contributed by atoms with Crippen molar-refractivity contribution in [2.75, 3.05) is 24.6 Å². The van der Waals surface area contributed by atoms with Crippen LogP contribution in [-0.2, 0) is 26.0 Å². The van der Waals surface area contributed by atoms with Gasteiger partial charge in [0.25, 0.3) is 5.91 Å². The Kier molecular flexibility index (Phi) is 5.79. The van der Waals surface area contributed by atoms with Crippen LogP contribution in [0.2, 0.25) is 0 Å². The highest BCUT2D eigenvalue weighted by Crippen LogP contribution is 2.53. The van der Waals surface area contributed by atoms with Crippen LogP contribution >= 0.6 is 0 Å². The number of ether oxygens (including phenoxy) is 1. The number of nitrogens with zero attached hydrogens (tertiary/aromatic N) is 2. The van der Waals surface area contributed by atoms with Gasteiger partial charge in [-0.05, 0) is 66.3 Å². The Hall–Kier alpha value is -2.71. The number of benzene rings is 2. The molecule has 1 aliphatic carbocycles. The van der Waals surface area contributed by atoms with Crippen molar-refractivity contribution < 1.29 is 22.7 Å². The van der Waals surface area contributed by atoms with Gasteiger partial charge in [-0.2, -0.15) is 4.31 Å². The number of amides is 1. The molecule has 2 unspecified atom stereocenters. The zero-order valence-corrected chi connectivity index (χ0v) is 21.3. The molecular weight excluding hydrogens is 464 g/mol. The van der Waals surface area contributed by atoms with Gasteiger partial charge >= 0.3 is 5.97 Å². The molecule has 0 aromatic heterocycles. The van der Waals surface area contributed by atoms with Crippen LogP contribution in [0.3, 0.4) is 0 Å². The van der Waals surface area contributed by atoms with Crippen LogP contribution in [0.15, 0.2) is 53.4 Å². The first-order valence-corrected chi connectivity index (χ1v) is 13.6. The van der Waals surface area contributed by atoms with Crippen molar-refractivity contribution >= 4 is 27.6 Å². The Bertz CT molecular complexity index is 1290. The van der Waals surface area contributed by atoms with E-state index < -0.39 is 22.6 Å². The van der Waals surface area contributed by atoms with Crippen molar-refractivity contribution in [1.82, 2.24) is 4.31 Å². The van der Waals surface area contributed by atoms with Gasteiger partial charge in [0.05, 0.1) is 10.5 Å². The second kappa shape index (κ2) is 8.45. The van der Waals surface area contributed by atoms with E-state index in [2.05, 4.69) is 20.8 Å². The molecule has 1 saturated carbocycles. The number of anilines is 1. The molecule has 8 heteroatoms. The predicted octanol–water partition coefficient (Wildman–Crippen LogP) is 4.02. The average molecular weight is 497 g/mol. The highest BCUT2D eigenvalue weighted by molar-refractivity contribution is 7.89. The van der Waals surface area contributed by atoms with Crippen molar-refractivity contribution in [3.63, 3.8) is 0 Å². The number of carbonyl (C=O) groups is 2. The highest BCUT2D eigenvalue weighted by Gasteiger charge is 2.53. The number of carbonyl (C=O) groups excluding carboxylic acids is 2. The lowest BCUT2D eigenvalue weighted by Crippen LogP contribution is -2.37. The first-order chi connectivity index (χ1) is 16.5. The van der Waals surface area contributed by atoms with Crippen LogP contribution in [0.5, 0.6) is 0 Å². The Labute approximate surface area is 207 Å². The Balaban J connectivity index is 1.28. The van der Waals surface area contributed by atoms with E-state index in [4.69, 9.17) is 4.74 Å². The minimum Gasteiger partial charge on any atom is -0.452 e. The van der Waals surface area contributed by atoms with Crippen molar-refractivity contribution in [2.45, 2.75) is 57.4 Å². The number of hydrogen-bond acceptors (Lipinski definition) is 5. The summed E-state index contributed by atoms with van der Waals surface area (Å²) in [6.07, 6.45) is 3.44. The molecule has 0 radical (unpaired) electrons. The molecule has 3 aliphatic rings. The lowest BCUT2D eigenvalue weighted by molar-refractivity contribution is -0.121. The Morgan fingerprint density at radius 3 is 2.63 bits per heavy atom. The van der Waals surface area contributed by atoms with E-state index in [1.165, 1.54) is 18.2 Å². The fourth-order valence-corrected chi connectivity index (χ4v) is 8.31. The summed E-state index contributed by atoms with van der Waals surface area (Å²) in [4.78, 5) is 27.1. The Morgan fingerprint density at radius 2 is 1.83 bits per heavy atom. The van der Waals surface area contributed by atoms with Gasteiger partial charge in [0.2, 0.25) is 10.0 Å². The van der Waals surface area contributed by atoms with Gasteiger partial charge in [-0.1, -0.05) is 45.0 Å². The monoisotopic (exact) mass is 496 g/mol. The van der Waals surface area contributed by atoms with E-state index in [9.17, 15) is 18.0 Å². The van der Waals surface area contributed by atoms with Crippen LogP contribution < -0.4 is 4.90 Å². The molecule has 2 heterocycles. The first-order valence-electron chi connectivity index (χ1n) is 12.1. The molecule has 0 spiro atoms. The third-order valence-corrected chi connectivity index (χ3v) is 9.45. The summed E-state index contributed by atoms with van der Waals surface area (Å²) in [5.74, 6) is -1.01. The zero-order valence-electron chi connectivity index (χ0n) is 20.5. The summed E-state index contributed by atoms with van der Waals surface area (Å²) in [6.45, 7) is 7.21. The van der Waals surface area contributed by atoms with Gasteiger partial charge in [0.15, 0.2) is 6.61 Å². The molecule has 1 saturated heterocycles. The molecular formula is C27H32N2O5S. The van der Waals surface area contributed by atoms with Crippen LogP contribution in [-0.4, -0.2) is 50.3 Å². The smallest absolute Gasteiger partial charge is 0.338 e. The maximum absolute atomic E-state index is 13.6. The SMILES string of the molecule is CC1(C)CC2CC(C)(CN2S(=O)(=O)c2cccc(C(=O)OCC(=O)N3CCc4ccccc43)c2)C1. The molecule has 2 aromatic carbocycles. The summed E-state index contributed by atoms with van der Waals surface area (Å²) in [6, 6.07) is 13.6. The van der Waals surface area contributed by atoms with Crippen LogP contribution in [0.1, 0.15) is 56.0 Å². The third kappa shape index (κ3) is 4.49. The van der Waals surface area contributed by atoms with Crippen molar-refractivity contribution in [3.8, 4) is 0 Å². The van der Waals surface area contributed by atoms with Gasteiger partial charge in [-0.25, -0.2) is 13.2 Å². The quantitative estimate of drug-likeness (QED) is 0.584. The molecule has 2 aromatic rings. The van der Waals surface area contributed by atoms with Gasteiger partial charge in [-0.15, -0.1) is 0 Å². The van der Waals surface area contributed by atoms with Gasteiger partial charge in [-0.3, -0.25) is 4.79 Å². The number of esters is 1. The van der Waals surface area contributed by atoms with Crippen LogP contribution in [0, 0.1) is 10.8 Å². The summed E-state index contributed by atoms with van der Waals surface area (Å²) in [5, 5.41) is 0. The van der Waals surface area contributed by atoms with Gasteiger partial charge in [0.1, 0.15) is 0 Å². The fraction of sp³-hybridized carbons (Fsp3) is 0.481. The summed E-state index contributed by atoms with van der Waals surface area (Å²) < 4.78 is 34.1. The molecule has 2 bridgehead atoms. The normalized spacial score (nSPS) is 25.3. The van der Waals surface area contributed by atoms with E-state index in [1.807, 2.05) is 24.3 Å². The number of para-hydroxylation sites is 1. The van der Waals surface area contributed by atoms with Gasteiger partial charge < -0.3 is 9.64 Å². The van der Waals surface area contributed by atoms with E-state index in [0.29, 0.717) is 13.1 Å². The maximum atomic E-state index is 13.6. The standard InChI is InChI=1S/C27H32N2O5S/c1-26(2)14-21-15-27(3,17-26)18-29(21)35(32,33)22-9-6-8-20(13-22)25(31)34-16-24(30)28-12-11-19-7-4-5-10-23(19)28/h4-10,13,21H,11-12,14-18H2,1-3H3. The fourth-order valence-electron chi connectivity index (χ4n) is 6.49. The highest BCUT2D eigenvalue weighted by atomic mass is 32.2. The molecule has 2 aliphatic heterocycles. The number of sulfonamides is 1. The van der Waals surface area contributed by atoms with E-state index in [0.717, 1.165) is 36.9 Å². The van der Waals surface area contributed by atoms with E-state index >= 15 is 0 Å². The van der Waals surface area contributed by atoms with Crippen molar-refractivity contribution in [3.05, 3.63) is 59.7 Å². The zero-order chi connectivity index (χ0) is 25.0. The van der Waals surface area contributed by atoms with E-state index in [1.54, 1.807) is 15.3 Å². The third-order valence-electron chi connectivity index (χ3n) is 7.56. The lowest BCUT2D eigenvalue weighted by atomic mass is 9.65. The molecule has 1 amide bonds. The second-order valence-electron chi connectivity index (χ2n) is 11.3. The lowest BCUT2D eigenvalue weighted by Gasteiger charge is -2.39. The Morgan fingerprint density at radius 1 is 1.06 bits per heavy atom. The van der Waals surface area contributed by atoms with Crippen LogP contribution in [0.4, 0.5) is 5.69 Å². The minimum atomic E-state index is -3.76. The summed E-state index contributed by atoms with van der Waals surface area (Å²) in [7, 11) is -3.76. The van der Waals surface area contributed by atoms with Crippen molar-refractivity contribution in [1.29, 1.82) is 0 Å². The maximum Gasteiger partial charge on any atom is 0.338 e. The molecule has 186 valence electrons. The minimum absolute atomic E-state index is 0.0367. The molecule has 0 N–H and O–H groups in total. The topological polar surface area (TPSA) is 84.0 Å². The second-order valence-corrected chi connectivity index (χ2v) is 13.2. The first kappa shape index (κ1) is 24.0. The number of fused-ring (bicyclic) bond motifs is 3. The largest absolute Gasteiger partial charge is 0.452 e. The molecule has 7 nitrogen and oxygen atoms in total. The summed E-state index contributed by atoms with van der Waals surface area (Å²) >= 11 is 0. The van der Waals surface area contributed by atoms with Crippen molar-refractivity contribution in [2.24, 2.45) is 10.8 Å². The summed E-state index contributed by atoms with van der Waals surface area (Å²) in [5.41, 5.74) is 2.11. The van der Waals surface area contributed by atoms with Crippen LogP contribution in [0.25, 0.3) is 0 Å². The molecule has 35 heavy (non-hydrogen) atoms. The molecule has 2 fully saturated rings. The number of rotatable bonds is 5. The molecule has 5 rings (SSSR count). The van der Waals surface area contributed by atoms with E-state index in [-0.39, 0.29) is 33.2 Å². The average Bonchev–Trinajstić information content (AvgIpc) is 3.35. The number of hydrogen-bond donors (Lipinski definition) is 0. The van der Waals surface area contributed by atoms with Gasteiger partial charge in [0, 0.05) is 24.8 Å². The molecule has 2 atom stereocenters.